The highest BCUT2D eigenvalue weighted by Gasteiger charge is 2.29. The molecule has 0 spiro atoms. The zero-order valence-corrected chi connectivity index (χ0v) is 14.9. The van der Waals surface area contributed by atoms with Gasteiger partial charge in [0.1, 0.15) is 5.82 Å². The van der Waals surface area contributed by atoms with E-state index in [4.69, 9.17) is 0 Å². The highest BCUT2D eigenvalue weighted by atomic mass is 32.1. The average molecular weight is 337 g/mol. The molecule has 23 heavy (non-hydrogen) atoms. The van der Waals surface area contributed by atoms with E-state index in [-0.39, 0.29) is 5.91 Å². The van der Waals surface area contributed by atoms with Crippen LogP contribution in [-0.4, -0.2) is 58.9 Å². The van der Waals surface area contributed by atoms with Gasteiger partial charge in [-0.2, -0.15) is 4.37 Å². The molecule has 7 heteroatoms. The summed E-state index contributed by atoms with van der Waals surface area (Å²) in [6, 6.07) is 0.333. The quantitative estimate of drug-likeness (QED) is 0.853. The number of nitrogens with one attached hydrogen (secondary N) is 1. The molecule has 128 valence electrons. The van der Waals surface area contributed by atoms with Crippen LogP contribution in [0.3, 0.4) is 0 Å². The molecule has 1 atom stereocenters. The maximum absolute atomic E-state index is 12.2. The van der Waals surface area contributed by atoms with Gasteiger partial charge in [-0.1, -0.05) is 6.92 Å². The smallest absolute Gasteiger partial charge is 0.234 e. The molecular formula is C16H27N5OS. The van der Waals surface area contributed by atoms with E-state index in [1.807, 2.05) is 0 Å². The van der Waals surface area contributed by atoms with Crippen LogP contribution in [0.25, 0.3) is 0 Å². The van der Waals surface area contributed by atoms with Crippen LogP contribution in [0.5, 0.6) is 0 Å². The molecular weight excluding hydrogens is 310 g/mol. The molecule has 1 aromatic heterocycles. The Morgan fingerprint density at radius 2 is 2.17 bits per heavy atom. The number of anilines is 1. The van der Waals surface area contributed by atoms with Crippen molar-refractivity contribution in [3.63, 3.8) is 0 Å². The SMILES string of the molecule is CCc1nsc(N2CCCN(CC(=O)N[C@H](C)C3CC3)CC2)n1. The lowest BCUT2D eigenvalue weighted by atomic mass is 10.2. The van der Waals surface area contributed by atoms with Crippen molar-refractivity contribution in [1.82, 2.24) is 19.6 Å². The van der Waals surface area contributed by atoms with Crippen molar-refractivity contribution in [3.05, 3.63) is 5.82 Å². The van der Waals surface area contributed by atoms with E-state index in [1.54, 1.807) is 0 Å². The summed E-state index contributed by atoms with van der Waals surface area (Å²) >= 11 is 1.49. The highest BCUT2D eigenvalue weighted by Crippen LogP contribution is 2.32. The Bertz CT molecular complexity index is 530. The molecule has 6 nitrogen and oxygen atoms in total. The summed E-state index contributed by atoms with van der Waals surface area (Å²) in [5, 5.41) is 4.17. The molecule has 2 fully saturated rings. The molecule has 1 amide bonds. The molecule has 1 aromatic rings. The second-order valence-corrected chi connectivity index (χ2v) is 7.39. The number of rotatable bonds is 6. The van der Waals surface area contributed by atoms with Gasteiger partial charge in [-0.25, -0.2) is 4.98 Å². The maximum Gasteiger partial charge on any atom is 0.234 e. The first-order valence-electron chi connectivity index (χ1n) is 8.75. The molecule has 0 unspecified atom stereocenters. The Morgan fingerprint density at radius 1 is 1.35 bits per heavy atom. The fourth-order valence-electron chi connectivity index (χ4n) is 3.05. The van der Waals surface area contributed by atoms with E-state index in [0.717, 1.165) is 50.0 Å². The van der Waals surface area contributed by atoms with E-state index in [1.165, 1.54) is 24.4 Å². The van der Waals surface area contributed by atoms with Crippen molar-refractivity contribution < 1.29 is 4.79 Å². The van der Waals surface area contributed by atoms with Crippen molar-refractivity contribution in [3.8, 4) is 0 Å². The Morgan fingerprint density at radius 3 is 2.87 bits per heavy atom. The predicted molar refractivity (Wildman–Crippen MR) is 92.9 cm³/mol. The first-order valence-corrected chi connectivity index (χ1v) is 9.52. The van der Waals surface area contributed by atoms with Crippen LogP contribution in [0.15, 0.2) is 0 Å². The van der Waals surface area contributed by atoms with E-state index < -0.39 is 0 Å². The molecule has 0 bridgehead atoms. The minimum Gasteiger partial charge on any atom is -0.352 e. The minimum atomic E-state index is 0.169. The summed E-state index contributed by atoms with van der Waals surface area (Å²) < 4.78 is 4.37. The molecule has 3 rings (SSSR count). The predicted octanol–water partition coefficient (Wildman–Crippen LogP) is 1.53. The Kier molecular flexibility index (Phi) is 5.48. The molecule has 1 aliphatic heterocycles. The lowest BCUT2D eigenvalue weighted by Gasteiger charge is -2.22. The van der Waals surface area contributed by atoms with Crippen LogP contribution in [0.2, 0.25) is 0 Å². The van der Waals surface area contributed by atoms with Gasteiger partial charge in [0.2, 0.25) is 11.0 Å². The summed E-state index contributed by atoms with van der Waals surface area (Å²) in [7, 11) is 0. The van der Waals surface area contributed by atoms with Crippen LogP contribution < -0.4 is 10.2 Å². The normalized spacial score (nSPS) is 21.0. The fourth-order valence-corrected chi connectivity index (χ4v) is 3.86. The average Bonchev–Trinajstić information content (AvgIpc) is 3.31. The van der Waals surface area contributed by atoms with Gasteiger partial charge >= 0.3 is 0 Å². The third kappa shape index (κ3) is 4.64. The standard InChI is InChI=1S/C16H27N5OS/c1-3-14-18-16(23-19-14)21-8-4-7-20(9-10-21)11-15(22)17-12(2)13-5-6-13/h12-13H,3-11H2,1-2H3,(H,17,22)/t12-/m1/s1. The van der Waals surface area contributed by atoms with Gasteiger partial charge in [-0.3, -0.25) is 9.69 Å². The van der Waals surface area contributed by atoms with Crippen molar-refractivity contribution in [2.24, 2.45) is 5.92 Å². The van der Waals surface area contributed by atoms with Crippen molar-refractivity contribution in [1.29, 1.82) is 0 Å². The summed E-state index contributed by atoms with van der Waals surface area (Å²) in [6.07, 6.45) is 4.48. The number of amides is 1. The first-order chi connectivity index (χ1) is 11.2. The Labute approximate surface area is 142 Å². The van der Waals surface area contributed by atoms with E-state index in [9.17, 15) is 4.79 Å². The largest absolute Gasteiger partial charge is 0.352 e. The number of carbonyl (C=O) groups excluding carboxylic acids is 1. The van der Waals surface area contributed by atoms with Gasteiger partial charge in [0.25, 0.3) is 0 Å². The highest BCUT2D eigenvalue weighted by molar-refractivity contribution is 7.09. The fraction of sp³-hybridized carbons (Fsp3) is 0.812. The summed E-state index contributed by atoms with van der Waals surface area (Å²) in [5.41, 5.74) is 0. The topological polar surface area (TPSA) is 61.4 Å². The molecule has 2 heterocycles. The summed E-state index contributed by atoms with van der Waals surface area (Å²) in [4.78, 5) is 21.3. The number of aromatic nitrogens is 2. The maximum atomic E-state index is 12.2. The Hall–Kier alpha value is -1.21. The van der Waals surface area contributed by atoms with Crippen molar-refractivity contribution in [2.45, 2.75) is 45.6 Å². The monoisotopic (exact) mass is 337 g/mol. The van der Waals surface area contributed by atoms with Crippen LogP contribution >= 0.6 is 11.5 Å². The number of nitrogens with zero attached hydrogens (tertiary/aromatic N) is 4. The van der Waals surface area contributed by atoms with Gasteiger partial charge in [-0.05, 0) is 32.1 Å². The van der Waals surface area contributed by atoms with Crippen LogP contribution in [0.1, 0.15) is 38.9 Å². The number of aryl methyl sites for hydroxylation is 1. The molecule has 0 radical (unpaired) electrons. The van der Waals surface area contributed by atoms with Crippen molar-refractivity contribution >= 4 is 22.6 Å². The van der Waals surface area contributed by atoms with Crippen LogP contribution in [-0.2, 0) is 11.2 Å². The van der Waals surface area contributed by atoms with Gasteiger partial charge in [0, 0.05) is 50.2 Å². The van der Waals surface area contributed by atoms with Gasteiger partial charge < -0.3 is 10.2 Å². The number of hydrogen-bond donors (Lipinski definition) is 1. The number of carbonyl (C=O) groups is 1. The van der Waals surface area contributed by atoms with Crippen LogP contribution in [0.4, 0.5) is 5.13 Å². The zero-order chi connectivity index (χ0) is 16.2. The van der Waals surface area contributed by atoms with Crippen molar-refractivity contribution in [2.75, 3.05) is 37.6 Å². The molecule has 1 aliphatic carbocycles. The molecule has 2 aliphatic rings. The molecule has 1 saturated heterocycles. The third-order valence-corrected chi connectivity index (χ3v) is 5.53. The zero-order valence-electron chi connectivity index (χ0n) is 14.1. The summed E-state index contributed by atoms with van der Waals surface area (Å²) in [6.45, 7) is 8.52. The lowest BCUT2D eigenvalue weighted by molar-refractivity contribution is -0.122. The minimum absolute atomic E-state index is 0.169. The second-order valence-electron chi connectivity index (χ2n) is 6.66. The Balaban J connectivity index is 1.46. The molecule has 1 N–H and O–H groups in total. The van der Waals surface area contributed by atoms with Gasteiger partial charge in [0.15, 0.2) is 0 Å². The summed E-state index contributed by atoms with van der Waals surface area (Å²) in [5.74, 6) is 1.81. The van der Waals surface area contributed by atoms with Crippen LogP contribution in [0, 0.1) is 5.92 Å². The van der Waals surface area contributed by atoms with E-state index >= 15 is 0 Å². The molecule has 1 saturated carbocycles. The van der Waals surface area contributed by atoms with Gasteiger partial charge in [-0.15, -0.1) is 0 Å². The number of hydrogen-bond acceptors (Lipinski definition) is 6. The van der Waals surface area contributed by atoms with E-state index in [2.05, 4.69) is 38.3 Å². The lowest BCUT2D eigenvalue weighted by Crippen LogP contribution is -2.43. The van der Waals surface area contributed by atoms with E-state index in [0.29, 0.717) is 18.5 Å². The second kappa shape index (κ2) is 7.57. The van der Waals surface area contributed by atoms with Gasteiger partial charge in [0.05, 0.1) is 6.54 Å². The first kappa shape index (κ1) is 16.6. The third-order valence-electron chi connectivity index (χ3n) is 4.72. The molecule has 0 aromatic carbocycles.